The number of imide groups is 1. The molecule has 168 valence electrons. The highest BCUT2D eigenvalue weighted by Gasteiger charge is 2.51. The lowest BCUT2D eigenvalue weighted by Crippen LogP contribution is -2.52. The second kappa shape index (κ2) is 9.07. The first-order valence-electron chi connectivity index (χ1n) is 10.2. The number of nitrogens with zero attached hydrogens (tertiary/aromatic N) is 3. The van der Waals surface area contributed by atoms with E-state index in [0.717, 1.165) is 15.5 Å². The van der Waals surface area contributed by atoms with Gasteiger partial charge in [-0.25, -0.2) is 5.01 Å². The highest BCUT2D eigenvalue weighted by atomic mass is 79.9. The molecule has 2 aliphatic rings. The molecule has 1 aliphatic heterocycles. The molecular weight excluding hydrogens is 494 g/mol. The quantitative estimate of drug-likeness (QED) is 0.192. The Morgan fingerprint density at radius 1 is 1.00 bits per heavy atom. The highest BCUT2D eigenvalue weighted by molar-refractivity contribution is 9.10. The molecule has 1 fully saturated rings. The predicted molar refractivity (Wildman–Crippen MR) is 120 cm³/mol. The van der Waals surface area contributed by atoms with Crippen molar-refractivity contribution >= 4 is 45.1 Å². The lowest BCUT2D eigenvalue weighted by molar-refractivity contribution is -0.385. The number of hydrazine groups is 1. The number of fused-ring (bicyclic) bond motifs is 1. The van der Waals surface area contributed by atoms with Crippen LogP contribution in [0.25, 0.3) is 0 Å². The number of amides is 3. The Hall–Kier alpha value is -3.66. The van der Waals surface area contributed by atoms with Crippen LogP contribution in [0.4, 0.5) is 5.69 Å². The van der Waals surface area contributed by atoms with Crippen LogP contribution in [0.15, 0.2) is 65.2 Å². The average molecular weight is 512 g/mol. The second-order valence-electron chi connectivity index (χ2n) is 7.71. The smallest absolute Gasteiger partial charge is 0.282 e. The molecule has 2 aromatic rings. The summed E-state index contributed by atoms with van der Waals surface area (Å²) >= 11 is 3.28. The Labute approximate surface area is 196 Å². The molecule has 9 nitrogen and oxygen atoms in total. The number of halogens is 1. The van der Waals surface area contributed by atoms with Crippen molar-refractivity contribution < 1.29 is 24.1 Å². The molecule has 1 heterocycles. The van der Waals surface area contributed by atoms with Gasteiger partial charge < -0.3 is 0 Å². The number of rotatable bonds is 6. The third-order valence-electron chi connectivity index (χ3n) is 5.75. The van der Waals surface area contributed by atoms with Crippen molar-refractivity contribution in [2.75, 3.05) is 6.54 Å². The third kappa shape index (κ3) is 4.21. The maximum absolute atomic E-state index is 13.5. The molecule has 0 bridgehead atoms. The third-order valence-corrected chi connectivity index (χ3v) is 6.28. The fraction of sp³-hybridized carbons (Fsp3) is 0.217. The van der Waals surface area contributed by atoms with E-state index in [-0.39, 0.29) is 11.1 Å². The van der Waals surface area contributed by atoms with Gasteiger partial charge >= 0.3 is 0 Å². The zero-order valence-corrected chi connectivity index (χ0v) is 18.8. The van der Waals surface area contributed by atoms with Crippen LogP contribution in [0.1, 0.15) is 33.6 Å². The molecule has 0 saturated carbocycles. The number of nitro groups is 1. The fourth-order valence-corrected chi connectivity index (χ4v) is 4.33. The SMILES string of the molecule is O=C(CN(C(=O)c1ccccc1[N+](=O)[O-])N1C(=O)[C@H]2CC=CC[C@H]2C1=O)c1ccc(Br)cc1. The van der Waals surface area contributed by atoms with Crippen LogP contribution in [-0.2, 0) is 9.59 Å². The van der Waals surface area contributed by atoms with Crippen molar-refractivity contribution in [1.82, 2.24) is 10.0 Å². The number of carbonyl (C=O) groups excluding carboxylic acids is 4. The van der Waals surface area contributed by atoms with Gasteiger partial charge in [0, 0.05) is 16.1 Å². The molecule has 10 heteroatoms. The molecule has 1 saturated heterocycles. The van der Waals surface area contributed by atoms with Crippen LogP contribution in [-0.4, -0.2) is 45.0 Å². The number of hydrogen-bond acceptors (Lipinski definition) is 6. The molecule has 2 atom stereocenters. The van der Waals surface area contributed by atoms with Gasteiger partial charge in [-0.2, -0.15) is 5.01 Å². The summed E-state index contributed by atoms with van der Waals surface area (Å²) in [5.41, 5.74) is -0.543. The Balaban J connectivity index is 1.74. The summed E-state index contributed by atoms with van der Waals surface area (Å²) in [5.74, 6) is -3.95. The van der Waals surface area contributed by atoms with Crippen molar-refractivity contribution in [2.45, 2.75) is 12.8 Å². The minimum Gasteiger partial charge on any atom is -0.292 e. The molecule has 0 spiro atoms. The van der Waals surface area contributed by atoms with Gasteiger partial charge in [0.15, 0.2) is 5.78 Å². The summed E-state index contributed by atoms with van der Waals surface area (Å²) < 4.78 is 0.744. The summed E-state index contributed by atoms with van der Waals surface area (Å²) in [4.78, 5) is 63.5. The molecule has 3 amide bonds. The van der Waals surface area contributed by atoms with E-state index in [2.05, 4.69) is 15.9 Å². The molecular formula is C23H18BrN3O6. The van der Waals surface area contributed by atoms with E-state index in [4.69, 9.17) is 0 Å². The van der Waals surface area contributed by atoms with Crippen molar-refractivity contribution in [1.29, 1.82) is 0 Å². The van der Waals surface area contributed by atoms with E-state index >= 15 is 0 Å². The molecule has 2 aromatic carbocycles. The fourth-order valence-electron chi connectivity index (χ4n) is 4.07. The first-order valence-corrected chi connectivity index (χ1v) is 11.0. The zero-order valence-electron chi connectivity index (χ0n) is 17.2. The largest absolute Gasteiger partial charge is 0.292 e. The van der Waals surface area contributed by atoms with Gasteiger partial charge in [-0.05, 0) is 31.0 Å². The van der Waals surface area contributed by atoms with Crippen LogP contribution in [0.2, 0.25) is 0 Å². The topological polar surface area (TPSA) is 118 Å². The summed E-state index contributed by atoms with van der Waals surface area (Å²) in [5, 5.41) is 12.9. The van der Waals surface area contributed by atoms with Crippen molar-refractivity contribution in [3.05, 3.63) is 86.4 Å². The molecule has 0 unspecified atom stereocenters. The number of nitro benzene ring substituents is 1. The highest BCUT2D eigenvalue weighted by Crippen LogP contribution is 2.36. The number of allylic oxidation sites excluding steroid dienone is 2. The summed E-state index contributed by atoms with van der Waals surface area (Å²) in [6.45, 7) is -0.628. The molecule has 1 aliphatic carbocycles. The molecule has 0 aromatic heterocycles. The number of Topliss-reactive ketones (excluding diaryl/α,β-unsaturated/α-hetero) is 1. The van der Waals surface area contributed by atoms with Crippen LogP contribution >= 0.6 is 15.9 Å². The Morgan fingerprint density at radius 3 is 2.15 bits per heavy atom. The zero-order chi connectivity index (χ0) is 23.7. The van der Waals surface area contributed by atoms with E-state index in [9.17, 15) is 29.3 Å². The second-order valence-corrected chi connectivity index (χ2v) is 8.63. The Bertz CT molecular complexity index is 1170. The van der Waals surface area contributed by atoms with Crippen LogP contribution in [0.3, 0.4) is 0 Å². The normalized spacial score (nSPS) is 19.4. The summed E-state index contributed by atoms with van der Waals surface area (Å²) in [7, 11) is 0. The summed E-state index contributed by atoms with van der Waals surface area (Å²) in [6.07, 6.45) is 4.30. The first kappa shape index (κ1) is 22.5. The van der Waals surface area contributed by atoms with Crippen LogP contribution < -0.4 is 0 Å². The number of para-hydroxylation sites is 1. The van der Waals surface area contributed by atoms with Crippen LogP contribution in [0, 0.1) is 22.0 Å². The number of ketones is 1. The standard InChI is InChI=1S/C23H18BrN3O6/c24-15-11-9-14(10-12-15)20(28)13-25(21(29)18-7-3-4-8-19(18)27(32)33)26-22(30)16-5-1-2-6-17(16)23(26)31/h1-4,7-12,16-17H,5-6,13H2/t16-,17+. The predicted octanol–water partition coefficient (Wildman–Crippen LogP) is 3.55. The lowest BCUT2D eigenvalue weighted by atomic mass is 9.85. The summed E-state index contributed by atoms with van der Waals surface area (Å²) in [6, 6.07) is 11.6. The van der Waals surface area contributed by atoms with Crippen molar-refractivity contribution in [2.24, 2.45) is 11.8 Å². The minimum atomic E-state index is -0.971. The minimum absolute atomic E-state index is 0.261. The average Bonchev–Trinajstić information content (AvgIpc) is 3.07. The van der Waals surface area contributed by atoms with Crippen LogP contribution in [0.5, 0.6) is 0 Å². The van der Waals surface area contributed by atoms with Gasteiger partial charge in [-0.1, -0.05) is 52.3 Å². The van der Waals surface area contributed by atoms with Crippen molar-refractivity contribution in [3.8, 4) is 0 Å². The first-order chi connectivity index (χ1) is 15.8. The van der Waals surface area contributed by atoms with E-state index in [1.54, 1.807) is 24.3 Å². The van der Waals surface area contributed by atoms with E-state index in [0.29, 0.717) is 17.9 Å². The molecule has 0 N–H and O–H groups in total. The molecule has 4 rings (SSSR count). The molecule has 33 heavy (non-hydrogen) atoms. The maximum Gasteiger partial charge on any atom is 0.282 e. The van der Waals surface area contributed by atoms with E-state index < -0.39 is 52.5 Å². The molecule has 0 radical (unpaired) electrons. The van der Waals surface area contributed by atoms with Gasteiger partial charge in [0.05, 0.1) is 16.8 Å². The lowest BCUT2D eigenvalue weighted by Gasteiger charge is -2.30. The van der Waals surface area contributed by atoms with Gasteiger partial charge in [0.1, 0.15) is 12.1 Å². The number of carbonyl (C=O) groups is 4. The van der Waals surface area contributed by atoms with Crippen molar-refractivity contribution in [3.63, 3.8) is 0 Å². The van der Waals surface area contributed by atoms with Gasteiger partial charge in [0.25, 0.3) is 23.4 Å². The van der Waals surface area contributed by atoms with Gasteiger partial charge in [-0.15, -0.1) is 0 Å². The number of benzene rings is 2. The van der Waals surface area contributed by atoms with E-state index in [1.165, 1.54) is 30.3 Å². The van der Waals surface area contributed by atoms with Gasteiger partial charge in [0.2, 0.25) is 0 Å². The Kier molecular flexibility index (Phi) is 6.19. The maximum atomic E-state index is 13.5. The number of hydrogen-bond donors (Lipinski definition) is 0. The monoisotopic (exact) mass is 511 g/mol. The Morgan fingerprint density at radius 2 is 1.58 bits per heavy atom. The van der Waals surface area contributed by atoms with E-state index in [1.807, 2.05) is 0 Å². The van der Waals surface area contributed by atoms with Gasteiger partial charge in [-0.3, -0.25) is 29.3 Å².